The zero-order valence-electron chi connectivity index (χ0n) is 6.18. The zero-order chi connectivity index (χ0) is 10.2. The van der Waals surface area contributed by atoms with Crippen LogP contribution in [0.25, 0.3) is 0 Å². The Morgan fingerprint density at radius 1 is 0.833 bits per heavy atom. The summed E-state index contributed by atoms with van der Waals surface area (Å²) >= 11 is 0. The Bertz CT molecular complexity index is 154. The molecule has 1 atom stereocenters. The van der Waals surface area contributed by atoms with Crippen LogP contribution in [-0.2, 0) is 4.74 Å². The molecule has 0 aromatic carbocycles. The second-order valence-corrected chi connectivity index (χ2v) is 2.35. The van der Waals surface area contributed by atoms with Crippen LogP contribution in [-0.4, -0.2) is 18.1 Å². The third-order valence-corrected chi connectivity index (χ3v) is 1.09. The molecule has 7 heteroatoms. The predicted molar refractivity (Wildman–Crippen MR) is 27.3 cm³/mol. The first-order chi connectivity index (χ1) is 4.96. The van der Waals surface area contributed by atoms with Crippen molar-refractivity contribution in [2.75, 3.05) is 0 Å². The molecule has 0 aliphatic heterocycles. The molecule has 1 unspecified atom stereocenters. The van der Waals surface area contributed by atoms with Gasteiger partial charge in [0.25, 0.3) is 5.85 Å². The van der Waals surface area contributed by atoms with Crippen LogP contribution in [0.15, 0.2) is 0 Å². The molecule has 0 bridgehead atoms. The van der Waals surface area contributed by atoms with Crippen LogP contribution in [0.1, 0.15) is 13.8 Å². The fourth-order valence-electron chi connectivity index (χ4n) is 0.307. The lowest BCUT2D eigenvalue weighted by atomic mass is 10.2. The van der Waals surface area contributed by atoms with Crippen molar-refractivity contribution in [2.45, 2.75) is 32.0 Å². The van der Waals surface area contributed by atoms with Crippen molar-refractivity contribution in [3.63, 3.8) is 0 Å². The van der Waals surface area contributed by atoms with Gasteiger partial charge in [-0.05, 0) is 0 Å². The van der Waals surface area contributed by atoms with Crippen LogP contribution in [0.5, 0.6) is 0 Å². The Balaban J connectivity index is 4.44. The molecule has 0 aromatic heterocycles. The largest absolute Gasteiger partial charge is 0.525 e. The molecule has 12 heavy (non-hydrogen) atoms. The van der Waals surface area contributed by atoms with Crippen LogP contribution in [0.3, 0.4) is 0 Å². The molecule has 0 N–H and O–H groups in total. The second-order valence-electron chi connectivity index (χ2n) is 2.35. The molecule has 0 aromatic rings. The SMILES string of the molecule is CC(F)(F)C(C)(F)OC(F)(F)F. The number of hydrogen-bond acceptors (Lipinski definition) is 1. The van der Waals surface area contributed by atoms with E-state index in [1.54, 1.807) is 0 Å². The van der Waals surface area contributed by atoms with Crippen molar-refractivity contribution in [3.05, 3.63) is 0 Å². The van der Waals surface area contributed by atoms with Gasteiger partial charge in [-0.3, -0.25) is 0 Å². The van der Waals surface area contributed by atoms with E-state index in [2.05, 4.69) is 4.74 Å². The average Bonchev–Trinajstić information content (AvgIpc) is 1.52. The van der Waals surface area contributed by atoms with Gasteiger partial charge in [0.2, 0.25) is 0 Å². The van der Waals surface area contributed by atoms with Gasteiger partial charge in [-0.2, -0.15) is 0 Å². The Hall–Kier alpha value is -0.460. The molecule has 74 valence electrons. The van der Waals surface area contributed by atoms with E-state index in [1.165, 1.54) is 0 Å². The summed E-state index contributed by atoms with van der Waals surface area (Å²) in [4.78, 5) is 0. The maximum atomic E-state index is 12.4. The van der Waals surface area contributed by atoms with Gasteiger partial charge < -0.3 is 0 Å². The van der Waals surface area contributed by atoms with Gasteiger partial charge in [-0.25, -0.2) is 17.9 Å². The lowest BCUT2D eigenvalue weighted by Crippen LogP contribution is -2.45. The van der Waals surface area contributed by atoms with E-state index >= 15 is 0 Å². The summed E-state index contributed by atoms with van der Waals surface area (Å²) in [7, 11) is 0. The second kappa shape index (κ2) is 2.79. The lowest BCUT2D eigenvalue weighted by Gasteiger charge is -2.27. The Kier molecular flexibility index (Phi) is 2.68. The zero-order valence-corrected chi connectivity index (χ0v) is 6.18. The number of halogens is 6. The quantitative estimate of drug-likeness (QED) is 0.617. The number of rotatable bonds is 2. The summed E-state index contributed by atoms with van der Waals surface area (Å²) in [5, 5.41) is 0. The van der Waals surface area contributed by atoms with Crippen molar-refractivity contribution in [1.82, 2.24) is 0 Å². The molecule has 0 aliphatic rings. The Morgan fingerprint density at radius 3 is 1.25 bits per heavy atom. The minimum Gasteiger partial charge on any atom is -0.248 e. The first kappa shape index (κ1) is 11.5. The fraction of sp³-hybridized carbons (Fsp3) is 1.00. The standard InChI is InChI=1S/C5H6F6O/c1-3(6,7)4(2,8)12-5(9,10)11/h1-2H3. The Morgan fingerprint density at radius 2 is 1.17 bits per heavy atom. The first-order valence-corrected chi connectivity index (χ1v) is 2.79. The molecule has 0 aliphatic carbocycles. The third kappa shape index (κ3) is 3.29. The van der Waals surface area contributed by atoms with Gasteiger partial charge >= 0.3 is 12.3 Å². The number of hydrogen-bond donors (Lipinski definition) is 0. The van der Waals surface area contributed by atoms with E-state index in [0.717, 1.165) is 0 Å². The van der Waals surface area contributed by atoms with Crippen LogP contribution in [0.2, 0.25) is 0 Å². The number of alkyl halides is 6. The highest BCUT2D eigenvalue weighted by Gasteiger charge is 2.54. The summed E-state index contributed by atoms with van der Waals surface area (Å²) in [5.74, 6) is -8.24. The molecular formula is C5H6F6O. The highest BCUT2D eigenvalue weighted by molar-refractivity contribution is 4.76. The Labute approximate surface area is 64.3 Å². The third-order valence-electron chi connectivity index (χ3n) is 1.09. The van der Waals surface area contributed by atoms with E-state index in [1.807, 2.05) is 0 Å². The van der Waals surface area contributed by atoms with Crippen LogP contribution >= 0.6 is 0 Å². The van der Waals surface area contributed by atoms with Crippen molar-refractivity contribution in [1.29, 1.82) is 0 Å². The van der Waals surface area contributed by atoms with Gasteiger partial charge in [0.05, 0.1) is 0 Å². The maximum Gasteiger partial charge on any atom is 0.525 e. The van der Waals surface area contributed by atoms with Gasteiger partial charge in [-0.15, -0.1) is 13.2 Å². The molecule has 0 amide bonds. The highest BCUT2D eigenvalue weighted by Crippen LogP contribution is 2.37. The molecular weight excluding hydrogens is 190 g/mol. The van der Waals surface area contributed by atoms with E-state index < -0.39 is 18.1 Å². The van der Waals surface area contributed by atoms with E-state index in [9.17, 15) is 26.3 Å². The molecule has 0 heterocycles. The van der Waals surface area contributed by atoms with E-state index in [0.29, 0.717) is 0 Å². The van der Waals surface area contributed by atoms with Crippen molar-refractivity contribution in [2.24, 2.45) is 0 Å². The van der Waals surface area contributed by atoms with E-state index in [-0.39, 0.29) is 13.8 Å². The van der Waals surface area contributed by atoms with Gasteiger partial charge in [0, 0.05) is 13.8 Å². The highest BCUT2D eigenvalue weighted by atomic mass is 19.4. The summed E-state index contributed by atoms with van der Waals surface area (Å²) in [6.07, 6.45) is -5.41. The normalized spacial score (nSPS) is 19.0. The lowest BCUT2D eigenvalue weighted by molar-refractivity contribution is -0.421. The van der Waals surface area contributed by atoms with Crippen molar-refractivity contribution >= 4 is 0 Å². The van der Waals surface area contributed by atoms with Crippen LogP contribution in [0.4, 0.5) is 26.3 Å². The van der Waals surface area contributed by atoms with Gasteiger partial charge in [-0.1, -0.05) is 0 Å². The average molecular weight is 196 g/mol. The summed E-state index contributed by atoms with van der Waals surface area (Å²) in [6.45, 7) is 0.0131. The molecule has 0 spiro atoms. The molecule has 0 fully saturated rings. The van der Waals surface area contributed by atoms with Gasteiger partial charge in [0.1, 0.15) is 0 Å². The minimum atomic E-state index is -5.41. The predicted octanol–water partition coefficient (Wildman–Crippen LogP) is 2.86. The van der Waals surface area contributed by atoms with Crippen LogP contribution < -0.4 is 0 Å². The fourth-order valence-corrected chi connectivity index (χ4v) is 0.307. The molecule has 0 saturated carbocycles. The van der Waals surface area contributed by atoms with Crippen molar-refractivity contribution in [3.8, 4) is 0 Å². The molecule has 0 rings (SSSR count). The topological polar surface area (TPSA) is 9.23 Å². The summed E-state index contributed by atoms with van der Waals surface area (Å²) in [5.41, 5.74) is 0. The summed E-state index contributed by atoms with van der Waals surface area (Å²) in [6, 6.07) is 0. The van der Waals surface area contributed by atoms with Crippen LogP contribution in [0, 0.1) is 0 Å². The van der Waals surface area contributed by atoms with Gasteiger partial charge in [0.15, 0.2) is 0 Å². The molecule has 0 radical (unpaired) electrons. The summed E-state index contributed by atoms with van der Waals surface area (Å²) < 4.78 is 72.9. The number of ether oxygens (including phenoxy) is 1. The van der Waals surface area contributed by atoms with E-state index in [4.69, 9.17) is 0 Å². The van der Waals surface area contributed by atoms with Crippen molar-refractivity contribution < 1.29 is 31.1 Å². The first-order valence-electron chi connectivity index (χ1n) is 2.79. The molecule has 0 saturated heterocycles. The smallest absolute Gasteiger partial charge is 0.248 e. The minimum absolute atomic E-state index is 0.00125. The monoisotopic (exact) mass is 196 g/mol. The maximum absolute atomic E-state index is 12.4. The molecule has 1 nitrogen and oxygen atoms in total.